The smallest absolute Gasteiger partial charge is 0.342 e. The average Bonchev–Trinajstić information content (AvgIpc) is 2.82. The Bertz CT molecular complexity index is 1070. The summed E-state index contributed by atoms with van der Waals surface area (Å²) in [6, 6.07) is 22.9. The molecule has 0 heterocycles. The van der Waals surface area contributed by atoms with Crippen LogP contribution in [0.25, 0.3) is 0 Å². The van der Waals surface area contributed by atoms with Gasteiger partial charge < -0.3 is 20.1 Å². The van der Waals surface area contributed by atoms with Crippen LogP contribution in [0.4, 0.5) is 5.69 Å². The third-order valence-corrected chi connectivity index (χ3v) is 4.79. The van der Waals surface area contributed by atoms with E-state index in [9.17, 15) is 14.4 Å². The molecule has 0 fully saturated rings. The first-order chi connectivity index (χ1) is 15.5. The zero-order valence-electron chi connectivity index (χ0n) is 17.0. The van der Waals surface area contributed by atoms with E-state index in [4.69, 9.17) is 9.47 Å². The molecule has 0 aliphatic heterocycles. The van der Waals surface area contributed by atoms with Crippen molar-refractivity contribution < 1.29 is 23.9 Å². The number of nitrogens with one attached hydrogen (secondary N) is 2. The van der Waals surface area contributed by atoms with Gasteiger partial charge in [-0.1, -0.05) is 58.4 Å². The van der Waals surface area contributed by atoms with E-state index in [0.29, 0.717) is 12.2 Å². The topological polar surface area (TPSA) is 93.7 Å². The van der Waals surface area contributed by atoms with Crippen LogP contribution in [-0.4, -0.2) is 31.0 Å². The predicted molar refractivity (Wildman–Crippen MR) is 123 cm³/mol. The monoisotopic (exact) mass is 496 g/mol. The number of amides is 2. The lowest BCUT2D eigenvalue weighted by Crippen LogP contribution is -2.28. The third kappa shape index (κ3) is 7.24. The third-order valence-electron chi connectivity index (χ3n) is 4.26. The molecule has 0 spiro atoms. The normalized spacial score (nSPS) is 10.2. The Labute approximate surface area is 193 Å². The summed E-state index contributed by atoms with van der Waals surface area (Å²) in [5.74, 6) is -1.33. The van der Waals surface area contributed by atoms with Crippen molar-refractivity contribution >= 4 is 39.4 Å². The van der Waals surface area contributed by atoms with Gasteiger partial charge in [0.2, 0.25) is 0 Å². The molecular formula is C24H21BrN2O5. The molecule has 3 rings (SSSR count). The molecule has 0 radical (unpaired) electrons. The summed E-state index contributed by atoms with van der Waals surface area (Å²) >= 11 is 3.33. The minimum absolute atomic E-state index is 0.125. The molecule has 7 nitrogen and oxygen atoms in total. The highest BCUT2D eigenvalue weighted by Gasteiger charge is 2.16. The predicted octanol–water partition coefficient (Wildman–Crippen LogP) is 3.94. The quantitative estimate of drug-likeness (QED) is 0.437. The number of halogens is 1. The lowest BCUT2D eigenvalue weighted by molar-refractivity contribution is -0.124. The highest BCUT2D eigenvalue weighted by atomic mass is 79.9. The van der Waals surface area contributed by atoms with Crippen LogP contribution in [0.5, 0.6) is 5.75 Å². The van der Waals surface area contributed by atoms with Gasteiger partial charge >= 0.3 is 5.97 Å². The molecule has 2 amide bonds. The van der Waals surface area contributed by atoms with E-state index in [1.165, 1.54) is 6.07 Å². The number of hydrogen-bond donors (Lipinski definition) is 2. The first-order valence-electron chi connectivity index (χ1n) is 9.76. The van der Waals surface area contributed by atoms with Crippen molar-refractivity contribution in [3.63, 3.8) is 0 Å². The van der Waals surface area contributed by atoms with Gasteiger partial charge in [-0.05, 0) is 42.0 Å². The molecule has 3 aromatic carbocycles. The molecule has 0 aliphatic rings. The molecule has 8 heteroatoms. The number of carbonyl (C=O) groups excluding carboxylic acids is 3. The first-order valence-corrected chi connectivity index (χ1v) is 10.6. The fourth-order valence-corrected chi connectivity index (χ4v) is 2.96. The Kier molecular flexibility index (Phi) is 8.39. The van der Waals surface area contributed by atoms with Crippen LogP contribution in [0.1, 0.15) is 15.9 Å². The number of hydrogen-bond acceptors (Lipinski definition) is 5. The van der Waals surface area contributed by atoms with E-state index in [0.717, 1.165) is 10.0 Å². The lowest BCUT2D eigenvalue weighted by Gasteiger charge is -2.12. The van der Waals surface area contributed by atoms with Crippen molar-refractivity contribution in [2.45, 2.75) is 6.54 Å². The zero-order chi connectivity index (χ0) is 22.8. The van der Waals surface area contributed by atoms with Gasteiger partial charge in [0.15, 0.2) is 13.2 Å². The Balaban J connectivity index is 1.49. The van der Waals surface area contributed by atoms with Gasteiger partial charge in [-0.3, -0.25) is 9.59 Å². The molecule has 3 aromatic rings. The number of esters is 1. The number of carbonyl (C=O) groups is 3. The highest BCUT2D eigenvalue weighted by Crippen LogP contribution is 2.19. The van der Waals surface area contributed by atoms with E-state index in [1.54, 1.807) is 42.5 Å². The molecular weight excluding hydrogens is 476 g/mol. The Hall–Kier alpha value is -3.65. The van der Waals surface area contributed by atoms with Crippen molar-refractivity contribution in [2.24, 2.45) is 0 Å². The van der Waals surface area contributed by atoms with Gasteiger partial charge in [0.1, 0.15) is 11.3 Å². The maximum Gasteiger partial charge on any atom is 0.342 e. The molecule has 2 N–H and O–H groups in total. The van der Waals surface area contributed by atoms with Crippen LogP contribution in [0.3, 0.4) is 0 Å². The van der Waals surface area contributed by atoms with Gasteiger partial charge in [0.05, 0.1) is 0 Å². The number of ether oxygens (including phenoxy) is 2. The number of rotatable bonds is 9. The van der Waals surface area contributed by atoms with Crippen LogP contribution in [0.2, 0.25) is 0 Å². The van der Waals surface area contributed by atoms with Gasteiger partial charge in [0.25, 0.3) is 11.8 Å². The molecule has 0 aliphatic carbocycles. The fourth-order valence-electron chi connectivity index (χ4n) is 2.69. The van der Waals surface area contributed by atoms with Crippen molar-refractivity contribution in [1.82, 2.24) is 5.32 Å². The van der Waals surface area contributed by atoms with E-state index in [2.05, 4.69) is 26.6 Å². The summed E-state index contributed by atoms with van der Waals surface area (Å²) in [4.78, 5) is 36.5. The summed E-state index contributed by atoms with van der Waals surface area (Å²) in [5.41, 5.74) is 1.68. The largest absolute Gasteiger partial charge is 0.483 e. The standard InChI is InChI=1S/C24H21BrN2O5/c25-18-10-12-19(13-11-18)27-23(29)16-31-21-9-5-4-8-20(21)24(30)32-15-22(28)26-14-17-6-2-1-3-7-17/h1-13H,14-16H2,(H,26,28)(H,27,29). The molecule has 0 bridgehead atoms. The van der Waals surface area contributed by atoms with Gasteiger partial charge in [0, 0.05) is 16.7 Å². The Morgan fingerprint density at radius 1 is 0.781 bits per heavy atom. The summed E-state index contributed by atoms with van der Waals surface area (Å²) in [6.45, 7) is -0.383. The van der Waals surface area contributed by atoms with E-state index >= 15 is 0 Å². The minimum atomic E-state index is -0.719. The molecule has 32 heavy (non-hydrogen) atoms. The molecule has 0 atom stereocenters. The lowest BCUT2D eigenvalue weighted by atomic mass is 10.2. The van der Waals surface area contributed by atoms with Crippen molar-refractivity contribution in [3.05, 3.63) is 94.5 Å². The molecule has 0 unspecified atom stereocenters. The van der Waals surface area contributed by atoms with Crippen LogP contribution in [0, 0.1) is 0 Å². The molecule has 0 saturated heterocycles. The SMILES string of the molecule is O=C(COC(=O)c1ccccc1OCC(=O)Nc1ccc(Br)cc1)NCc1ccccc1. The van der Waals surface area contributed by atoms with Crippen LogP contribution in [0.15, 0.2) is 83.3 Å². The number of anilines is 1. The number of benzene rings is 3. The second-order valence-corrected chi connectivity index (χ2v) is 7.59. The Morgan fingerprint density at radius 3 is 2.22 bits per heavy atom. The summed E-state index contributed by atoms with van der Waals surface area (Å²) < 4.78 is 11.5. The second-order valence-electron chi connectivity index (χ2n) is 6.68. The summed E-state index contributed by atoms with van der Waals surface area (Å²) in [5, 5.41) is 5.39. The van der Waals surface area contributed by atoms with E-state index < -0.39 is 18.5 Å². The Morgan fingerprint density at radius 2 is 1.47 bits per heavy atom. The molecule has 0 aromatic heterocycles. The molecule has 0 saturated carbocycles. The summed E-state index contributed by atoms with van der Waals surface area (Å²) in [7, 11) is 0. The van der Waals surface area contributed by atoms with Crippen LogP contribution < -0.4 is 15.4 Å². The maximum atomic E-state index is 12.4. The van der Waals surface area contributed by atoms with Crippen LogP contribution >= 0.6 is 15.9 Å². The minimum Gasteiger partial charge on any atom is -0.483 e. The van der Waals surface area contributed by atoms with Crippen LogP contribution in [-0.2, 0) is 20.9 Å². The zero-order valence-corrected chi connectivity index (χ0v) is 18.6. The van der Waals surface area contributed by atoms with Crippen molar-refractivity contribution in [3.8, 4) is 5.75 Å². The van der Waals surface area contributed by atoms with Gasteiger partial charge in [-0.2, -0.15) is 0 Å². The average molecular weight is 497 g/mol. The highest BCUT2D eigenvalue weighted by molar-refractivity contribution is 9.10. The van der Waals surface area contributed by atoms with Gasteiger partial charge in [-0.15, -0.1) is 0 Å². The molecule has 164 valence electrons. The van der Waals surface area contributed by atoms with Gasteiger partial charge in [-0.25, -0.2) is 4.79 Å². The van der Waals surface area contributed by atoms with E-state index in [1.807, 2.05) is 30.3 Å². The first kappa shape index (κ1) is 23.0. The fraction of sp³-hybridized carbons (Fsp3) is 0.125. The summed E-state index contributed by atoms with van der Waals surface area (Å²) in [6.07, 6.45) is 0. The van der Waals surface area contributed by atoms with Crippen molar-refractivity contribution in [1.29, 1.82) is 0 Å². The maximum absolute atomic E-state index is 12.4. The number of para-hydroxylation sites is 1. The van der Waals surface area contributed by atoms with E-state index in [-0.39, 0.29) is 23.8 Å². The van der Waals surface area contributed by atoms with Crippen molar-refractivity contribution in [2.75, 3.05) is 18.5 Å². The second kappa shape index (κ2) is 11.7.